The van der Waals surface area contributed by atoms with Gasteiger partial charge in [-0.15, -0.1) is 0 Å². The Morgan fingerprint density at radius 2 is 0.636 bits per heavy atom. The van der Waals surface area contributed by atoms with Gasteiger partial charge in [0.15, 0.2) is 0 Å². The third kappa shape index (κ3) is 31.7. The van der Waals surface area contributed by atoms with Gasteiger partial charge in [0.2, 0.25) is 0 Å². The van der Waals surface area contributed by atoms with E-state index in [2.05, 4.69) is 32.9 Å². The first-order chi connectivity index (χ1) is 16.3. The average Bonchev–Trinajstić information content (AvgIpc) is 2.80. The Morgan fingerprint density at radius 3 is 0.939 bits per heavy atom. The van der Waals surface area contributed by atoms with Crippen LogP contribution in [0.15, 0.2) is 12.2 Å². The maximum absolute atomic E-state index is 2.42. The van der Waals surface area contributed by atoms with Gasteiger partial charge in [0.1, 0.15) is 0 Å². The van der Waals surface area contributed by atoms with Crippen LogP contribution in [0.5, 0.6) is 0 Å². The van der Waals surface area contributed by atoms with Gasteiger partial charge < -0.3 is 0 Å². The van der Waals surface area contributed by atoms with Crippen molar-refractivity contribution in [3.63, 3.8) is 0 Å². The Hall–Kier alpha value is -0.260. The zero-order valence-electron chi connectivity index (χ0n) is 23.8. The normalized spacial score (nSPS) is 11.9. The average molecular weight is 463 g/mol. The van der Waals surface area contributed by atoms with E-state index >= 15 is 0 Å². The molecule has 0 heteroatoms. The number of hydrogen-bond donors (Lipinski definition) is 0. The summed E-state index contributed by atoms with van der Waals surface area (Å²) in [4.78, 5) is 0. The molecule has 0 aromatic carbocycles. The molecule has 33 heavy (non-hydrogen) atoms. The van der Waals surface area contributed by atoms with Gasteiger partial charge in [0, 0.05) is 0 Å². The maximum Gasteiger partial charge on any atom is -0.0351 e. The number of rotatable bonds is 28. The zero-order valence-corrected chi connectivity index (χ0v) is 23.8. The topological polar surface area (TPSA) is 0 Å². The minimum Gasteiger partial charge on any atom is -0.0885 e. The summed E-state index contributed by atoms with van der Waals surface area (Å²) in [6.45, 7) is 6.98. The van der Waals surface area contributed by atoms with Gasteiger partial charge >= 0.3 is 0 Å². The fourth-order valence-corrected chi connectivity index (χ4v) is 4.92. The lowest BCUT2D eigenvalue weighted by molar-refractivity contribution is 0.500. The molecule has 0 bridgehead atoms. The Balaban J connectivity index is 3.04. The van der Waals surface area contributed by atoms with Crippen LogP contribution in [0, 0.1) is 5.92 Å². The SMILES string of the molecule is CCCCC/C=C/CCCCCCCCCCCCCCCCCCCCCCCC(C)C. The Labute approximate surface area is 212 Å². The van der Waals surface area contributed by atoms with Gasteiger partial charge in [-0.2, -0.15) is 0 Å². The van der Waals surface area contributed by atoms with Crippen LogP contribution in [-0.4, -0.2) is 0 Å². The molecule has 0 aliphatic carbocycles. The van der Waals surface area contributed by atoms with E-state index in [1.165, 1.54) is 173 Å². The molecule has 0 saturated heterocycles. The van der Waals surface area contributed by atoms with E-state index in [0.717, 1.165) is 5.92 Å². The Bertz CT molecular complexity index is 353. The molecule has 0 heterocycles. The summed E-state index contributed by atoms with van der Waals surface area (Å²) >= 11 is 0. The summed E-state index contributed by atoms with van der Waals surface area (Å²) in [6, 6.07) is 0. The molecule has 0 unspecified atom stereocenters. The minimum absolute atomic E-state index is 0.896. The molecule has 0 saturated carbocycles. The van der Waals surface area contributed by atoms with Gasteiger partial charge in [0.05, 0.1) is 0 Å². The van der Waals surface area contributed by atoms with E-state index in [-0.39, 0.29) is 0 Å². The third-order valence-corrected chi connectivity index (χ3v) is 7.29. The summed E-state index contributed by atoms with van der Waals surface area (Å²) < 4.78 is 0. The lowest BCUT2D eigenvalue weighted by Gasteiger charge is -2.05. The molecule has 0 nitrogen and oxygen atoms in total. The minimum atomic E-state index is 0.896. The largest absolute Gasteiger partial charge is 0.0885 e. The van der Waals surface area contributed by atoms with Crippen LogP contribution in [0.25, 0.3) is 0 Å². The molecular formula is C33H66. The van der Waals surface area contributed by atoms with Crippen molar-refractivity contribution in [2.24, 2.45) is 5.92 Å². The first-order valence-corrected chi connectivity index (χ1v) is 15.9. The quantitative estimate of drug-likeness (QED) is 0.0800. The van der Waals surface area contributed by atoms with Crippen molar-refractivity contribution in [3.05, 3.63) is 12.2 Å². The molecule has 0 amide bonds. The number of allylic oxidation sites excluding steroid dienone is 2. The van der Waals surface area contributed by atoms with E-state index in [0.29, 0.717) is 0 Å². The monoisotopic (exact) mass is 463 g/mol. The van der Waals surface area contributed by atoms with Crippen LogP contribution in [0.1, 0.15) is 194 Å². The standard InChI is InChI=1S/C33H66/c1-4-5-6-7-8-9-10-11-12-13-14-15-16-17-18-19-20-21-22-23-24-25-26-27-28-29-30-31-32-33(2)3/h8-9,33H,4-7,10-32H2,1-3H3/b9-8+. The van der Waals surface area contributed by atoms with Gasteiger partial charge in [-0.25, -0.2) is 0 Å². The van der Waals surface area contributed by atoms with Crippen LogP contribution in [0.3, 0.4) is 0 Å². The fourth-order valence-electron chi connectivity index (χ4n) is 4.92. The summed E-state index contributed by atoms with van der Waals surface area (Å²) in [5, 5.41) is 0. The third-order valence-electron chi connectivity index (χ3n) is 7.29. The molecule has 0 aromatic rings. The summed E-state index contributed by atoms with van der Waals surface area (Å²) in [5.74, 6) is 0.896. The van der Waals surface area contributed by atoms with Crippen LogP contribution >= 0.6 is 0 Å². The highest BCUT2D eigenvalue weighted by molar-refractivity contribution is 4.81. The Kier molecular flexibility index (Phi) is 29.5. The van der Waals surface area contributed by atoms with Crippen LogP contribution in [0.2, 0.25) is 0 Å². The van der Waals surface area contributed by atoms with Crippen molar-refractivity contribution < 1.29 is 0 Å². The number of unbranched alkanes of at least 4 members (excludes halogenated alkanes) is 24. The van der Waals surface area contributed by atoms with Gasteiger partial charge in [-0.3, -0.25) is 0 Å². The van der Waals surface area contributed by atoms with Crippen molar-refractivity contribution in [1.29, 1.82) is 0 Å². The Morgan fingerprint density at radius 1 is 0.364 bits per heavy atom. The molecule has 0 aliphatic heterocycles. The first-order valence-electron chi connectivity index (χ1n) is 15.9. The van der Waals surface area contributed by atoms with Crippen molar-refractivity contribution in [2.75, 3.05) is 0 Å². The molecule has 0 N–H and O–H groups in total. The predicted molar refractivity (Wildman–Crippen MR) is 154 cm³/mol. The highest BCUT2D eigenvalue weighted by Gasteiger charge is 1.97. The molecule has 0 aromatic heterocycles. The summed E-state index contributed by atoms with van der Waals surface area (Å²) in [5.41, 5.74) is 0. The smallest absolute Gasteiger partial charge is 0.0351 e. The van der Waals surface area contributed by atoms with Crippen LogP contribution in [-0.2, 0) is 0 Å². The first kappa shape index (κ1) is 32.7. The van der Waals surface area contributed by atoms with Crippen molar-refractivity contribution in [2.45, 2.75) is 194 Å². The molecule has 0 atom stereocenters. The maximum atomic E-state index is 2.42. The lowest BCUT2D eigenvalue weighted by Crippen LogP contribution is -1.87. The summed E-state index contributed by atoms with van der Waals surface area (Å²) in [7, 11) is 0. The van der Waals surface area contributed by atoms with Crippen molar-refractivity contribution >= 4 is 0 Å². The highest BCUT2D eigenvalue weighted by Crippen LogP contribution is 2.16. The van der Waals surface area contributed by atoms with Gasteiger partial charge in [-0.05, 0) is 31.6 Å². The second-order valence-electron chi connectivity index (χ2n) is 11.4. The lowest BCUT2D eigenvalue weighted by atomic mass is 10.0. The van der Waals surface area contributed by atoms with E-state index in [9.17, 15) is 0 Å². The number of hydrogen-bond acceptors (Lipinski definition) is 0. The summed E-state index contributed by atoms with van der Waals surface area (Å²) in [6.07, 6.45) is 44.0. The van der Waals surface area contributed by atoms with E-state index in [1.807, 2.05) is 0 Å². The van der Waals surface area contributed by atoms with Crippen LogP contribution < -0.4 is 0 Å². The zero-order chi connectivity index (χ0) is 24.1. The molecule has 0 aliphatic rings. The van der Waals surface area contributed by atoms with Crippen LogP contribution in [0.4, 0.5) is 0 Å². The van der Waals surface area contributed by atoms with Crippen molar-refractivity contribution in [3.8, 4) is 0 Å². The molecular weight excluding hydrogens is 396 g/mol. The molecule has 0 radical (unpaired) electrons. The van der Waals surface area contributed by atoms with Gasteiger partial charge in [-0.1, -0.05) is 181 Å². The van der Waals surface area contributed by atoms with E-state index in [4.69, 9.17) is 0 Å². The highest BCUT2D eigenvalue weighted by atomic mass is 14.0. The van der Waals surface area contributed by atoms with E-state index in [1.54, 1.807) is 0 Å². The van der Waals surface area contributed by atoms with Gasteiger partial charge in [0.25, 0.3) is 0 Å². The molecule has 198 valence electrons. The molecule has 0 rings (SSSR count). The predicted octanol–water partition coefficient (Wildman–Crippen LogP) is 12.8. The van der Waals surface area contributed by atoms with Crippen molar-refractivity contribution in [1.82, 2.24) is 0 Å². The molecule has 0 spiro atoms. The second kappa shape index (κ2) is 29.8. The second-order valence-corrected chi connectivity index (χ2v) is 11.4. The fraction of sp³-hybridized carbons (Fsp3) is 0.939. The van der Waals surface area contributed by atoms with E-state index < -0.39 is 0 Å². The molecule has 0 fully saturated rings.